The van der Waals surface area contributed by atoms with Gasteiger partial charge < -0.3 is 0 Å². The predicted octanol–water partition coefficient (Wildman–Crippen LogP) is 11.2. The zero-order valence-electron chi connectivity index (χ0n) is 27.1. The average molecular weight is 671 g/mol. The van der Waals surface area contributed by atoms with Crippen molar-refractivity contribution in [3.05, 3.63) is 158 Å². The molecule has 0 saturated carbocycles. The Morgan fingerprint density at radius 2 is 0.961 bits per heavy atom. The molecule has 0 atom stereocenters. The maximum Gasteiger partial charge on any atom is 0.238 e. The van der Waals surface area contributed by atoms with Crippen LogP contribution in [0.3, 0.4) is 0 Å². The van der Waals surface area contributed by atoms with Gasteiger partial charge in [-0.2, -0.15) is 9.97 Å². The molecular formula is C44H26N6S. The molecule has 7 heteroatoms. The number of aromatic nitrogens is 6. The van der Waals surface area contributed by atoms with Crippen LogP contribution in [0.25, 0.3) is 98.3 Å². The van der Waals surface area contributed by atoms with Crippen LogP contribution < -0.4 is 0 Å². The van der Waals surface area contributed by atoms with Gasteiger partial charge in [-0.05, 0) is 54.6 Å². The minimum atomic E-state index is 0.569. The van der Waals surface area contributed by atoms with E-state index in [1.807, 2.05) is 12.3 Å². The van der Waals surface area contributed by atoms with Crippen molar-refractivity contribution in [2.45, 2.75) is 0 Å². The third-order valence-corrected chi connectivity index (χ3v) is 11.0. The van der Waals surface area contributed by atoms with Gasteiger partial charge in [-0.3, -0.25) is 9.13 Å². The summed E-state index contributed by atoms with van der Waals surface area (Å²) in [4.78, 5) is 20.9. The minimum absolute atomic E-state index is 0.569. The Morgan fingerprint density at radius 1 is 0.412 bits per heavy atom. The molecule has 11 aromatic rings. The average Bonchev–Trinajstić information content (AvgIpc) is 3.86. The first-order chi connectivity index (χ1) is 25.3. The van der Waals surface area contributed by atoms with E-state index in [1.165, 1.54) is 14.8 Å². The minimum Gasteiger partial charge on any atom is -0.293 e. The van der Waals surface area contributed by atoms with E-state index in [4.69, 9.17) is 19.9 Å². The highest BCUT2D eigenvalue weighted by molar-refractivity contribution is 7.25. The van der Waals surface area contributed by atoms with E-state index in [0.29, 0.717) is 17.6 Å². The number of para-hydroxylation sites is 4. The van der Waals surface area contributed by atoms with Crippen molar-refractivity contribution in [2.24, 2.45) is 0 Å². The van der Waals surface area contributed by atoms with Gasteiger partial charge in [0.1, 0.15) is 5.65 Å². The lowest BCUT2D eigenvalue weighted by atomic mass is 10.1. The van der Waals surface area contributed by atoms with E-state index in [-0.39, 0.29) is 0 Å². The monoisotopic (exact) mass is 670 g/mol. The third-order valence-electron chi connectivity index (χ3n) is 9.87. The Balaban J connectivity index is 1.25. The topological polar surface area (TPSA) is 61.4 Å². The quantitative estimate of drug-likeness (QED) is 0.187. The number of hydrogen-bond acceptors (Lipinski definition) is 5. The number of nitrogens with zero attached hydrogens (tertiary/aromatic N) is 6. The second-order valence-electron chi connectivity index (χ2n) is 12.7. The fourth-order valence-electron chi connectivity index (χ4n) is 7.70. The molecule has 11 rings (SSSR count). The van der Waals surface area contributed by atoms with E-state index in [9.17, 15) is 0 Å². The molecule has 0 spiro atoms. The molecule has 0 aliphatic heterocycles. The summed E-state index contributed by atoms with van der Waals surface area (Å²) in [5.41, 5.74) is 6.86. The van der Waals surface area contributed by atoms with Crippen LogP contribution in [-0.2, 0) is 0 Å². The zero-order chi connectivity index (χ0) is 33.5. The largest absolute Gasteiger partial charge is 0.293 e. The van der Waals surface area contributed by atoms with Crippen LogP contribution in [0.15, 0.2) is 158 Å². The lowest BCUT2D eigenvalue weighted by Crippen LogP contribution is -2.08. The van der Waals surface area contributed by atoms with Gasteiger partial charge in [-0.25, -0.2) is 9.97 Å². The molecular weight excluding hydrogens is 645 g/mol. The second-order valence-corrected chi connectivity index (χ2v) is 13.8. The van der Waals surface area contributed by atoms with Crippen LogP contribution >= 0.6 is 11.3 Å². The standard InChI is InChI=1S/C44H26N6S/c1-7-21-35-27(13-1)28-14-2-8-22-36(28)50(35)44-47-41(46-42(48-44)33-18-11-25-39-40(33)32-17-5-10-24-38(32)51-39)31-16-4-9-23-37(31)49-34-20-6-3-15-29(34)30-19-12-26-45-43(30)49/h1-26H. The summed E-state index contributed by atoms with van der Waals surface area (Å²) in [7, 11) is 0. The number of benzene rings is 6. The van der Waals surface area contributed by atoms with Gasteiger partial charge in [0.2, 0.25) is 5.95 Å². The Hall–Kier alpha value is -6.70. The summed E-state index contributed by atoms with van der Waals surface area (Å²) in [5, 5.41) is 6.90. The highest BCUT2D eigenvalue weighted by Gasteiger charge is 2.22. The van der Waals surface area contributed by atoms with Crippen molar-refractivity contribution < 1.29 is 0 Å². The lowest BCUT2D eigenvalue weighted by Gasteiger charge is -2.15. The first kappa shape index (κ1) is 28.2. The molecule has 0 N–H and O–H groups in total. The number of hydrogen-bond donors (Lipinski definition) is 0. The number of rotatable bonds is 4. The molecule has 0 radical (unpaired) electrons. The fraction of sp³-hybridized carbons (Fsp3) is 0. The molecule has 0 aliphatic carbocycles. The molecule has 0 fully saturated rings. The van der Waals surface area contributed by atoms with Crippen LogP contribution in [0.1, 0.15) is 0 Å². The van der Waals surface area contributed by atoms with Gasteiger partial charge in [0.15, 0.2) is 11.6 Å². The highest BCUT2D eigenvalue weighted by atomic mass is 32.1. The first-order valence-corrected chi connectivity index (χ1v) is 17.7. The van der Waals surface area contributed by atoms with E-state index in [2.05, 4.69) is 155 Å². The summed E-state index contributed by atoms with van der Waals surface area (Å²) in [6.07, 6.45) is 1.85. The normalized spacial score (nSPS) is 11.9. The molecule has 0 unspecified atom stereocenters. The van der Waals surface area contributed by atoms with Crippen LogP contribution in [0.2, 0.25) is 0 Å². The van der Waals surface area contributed by atoms with E-state index >= 15 is 0 Å². The summed E-state index contributed by atoms with van der Waals surface area (Å²) in [6, 6.07) is 52.9. The maximum absolute atomic E-state index is 5.35. The SMILES string of the molecule is c1ccc(-n2c3ccccc3c3cccnc32)c(-c2nc(-c3cccc4sc5ccccc5c34)nc(-n3c4ccccc4c4ccccc43)n2)c1. The smallest absolute Gasteiger partial charge is 0.238 e. The second kappa shape index (κ2) is 10.9. The summed E-state index contributed by atoms with van der Waals surface area (Å²) < 4.78 is 6.85. The van der Waals surface area contributed by atoms with Crippen LogP contribution in [0.4, 0.5) is 0 Å². The zero-order valence-corrected chi connectivity index (χ0v) is 27.9. The van der Waals surface area contributed by atoms with Gasteiger partial charge in [-0.1, -0.05) is 97.1 Å². The molecule has 0 bridgehead atoms. The van der Waals surface area contributed by atoms with Gasteiger partial charge >= 0.3 is 0 Å². The number of fused-ring (bicyclic) bond motifs is 9. The maximum atomic E-state index is 5.35. The van der Waals surface area contributed by atoms with Crippen molar-refractivity contribution in [3.63, 3.8) is 0 Å². The highest BCUT2D eigenvalue weighted by Crippen LogP contribution is 2.41. The number of pyridine rings is 1. The molecule has 0 amide bonds. The number of thiophene rings is 1. The van der Waals surface area contributed by atoms with E-state index in [0.717, 1.165) is 65.9 Å². The molecule has 51 heavy (non-hydrogen) atoms. The fourth-order valence-corrected chi connectivity index (χ4v) is 8.83. The van der Waals surface area contributed by atoms with E-state index in [1.54, 1.807) is 11.3 Å². The van der Waals surface area contributed by atoms with Crippen molar-refractivity contribution in [2.75, 3.05) is 0 Å². The Bertz CT molecular complexity index is 3060. The molecule has 5 aromatic heterocycles. The Morgan fingerprint density at radius 3 is 1.73 bits per heavy atom. The van der Waals surface area contributed by atoms with Gasteiger partial charge in [-0.15, -0.1) is 11.3 Å². The Kier molecular flexibility index (Phi) is 6.02. The summed E-state index contributed by atoms with van der Waals surface area (Å²) in [5.74, 6) is 1.78. The van der Waals surface area contributed by atoms with Crippen molar-refractivity contribution in [3.8, 4) is 34.4 Å². The van der Waals surface area contributed by atoms with Gasteiger partial charge in [0.25, 0.3) is 0 Å². The van der Waals surface area contributed by atoms with Crippen LogP contribution in [-0.4, -0.2) is 29.1 Å². The third kappa shape index (κ3) is 4.16. The van der Waals surface area contributed by atoms with Crippen molar-refractivity contribution in [1.82, 2.24) is 29.1 Å². The summed E-state index contributed by atoms with van der Waals surface area (Å²) in [6.45, 7) is 0. The predicted molar refractivity (Wildman–Crippen MR) is 210 cm³/mol. The molecule has 6 aromatic carbocycles. The molecule has 5 heterocycles. The lowest BCUT2D eigenvalue weighted by molar-refractivity contribution is 0.952. The van der Waals surface area contributed by atoms with Crippen LogP contribution in [0.5, 0.6) is 0 Å². The Labute approximate surface area is 295 Å². The van der Waals surface area contributed by atoms with Crippen molar-refractivity contribution >= 4 is 75.3 Å². The summed E-state index contributed by atoms with van der Waals surface area (Å²) >= 11 is 1.79. The van der Waals surface area contributed by atoms with Crippen LogP contribution in [0, 0.1) is 0 Å². The molecule has 0 saturated heterocycles. The van der Waals surface area contributed by atoms with Crippen molar-refractivity contribution in [1.29, 1.82) is 0 Å². The van der Waals surface area contributed by atoms with E-state index < -0.39 is 0 Å². The molecule has 238 valence electrons. The van der Waals surface area contributed by atoms with Gasteiger partial charge in [0.05, 0.1) is 22.2 Å². The molecule has 0 aliphatic rings. The molecule has 6 nitrogen and oxygen atoms in total. The van der Waals surface area contributed by atoms with Gasteiger partial charge in [0, 0.05) is 59.0 Å². The first-order valence-electron chi connectivity index (χ1n) is 16.9.